The number of benzene rings is 2. The first-order chi connectivity index (χ1) is 13.3. The maximum atomic E-state index is 13.4. The quantitative estimate of drug-likeness (QED) is 0.545. The van der Waals surface area contributed by atoms with Crippen LogP contribution in [0.25, 0.3) is 27.5 Å². The Morgan fingerprint density at radius 1 is 0.741 bits per heavy atom. The van der Waals surface area contributed by atoms with Crippen molar-refractivity contribution < 1.29 is 0 Å². The molecule has 4 aromatic rings. The van der Waals surface area contributed by atoms with E-state index in [1.54, 1.807) is 0 Å². The second-order valence-electron chi connectivity index (χ2n) is 7.35. The van der Waals surface area contributed by atoms with Crippen molar-refractivity contribution in [2.45, 2.75) is 25.9 Å². The first kappa shape index (κ1) is 16.3. The Morgan fingerprint density at radius 3 is 2.22 bits per heavy atom. The van der Waals surface area contributed by atoms with Gasteiger partial charge in [0, 0.05) is 10.9 Å². The summed E-state index contributed by atoms with van der Waals surface area (Å²) in [6, 6.07) is 22.5. The molecular weight excluding hydrogens is 334 g/mol. The maximum absolute atomic E-state index is 13.4. The number of hydrogen-bond donors (Lipinski definition) is 0. The summed E-state index contributed by atoms with van der Waals surface area (Å²) in [7, 11) is 0. The fourth-order valence-electron chi connectivity index (χ4n) is 4.26. The lowest BCUT2D eigenvalue weighted by molar-refractivity contribution is 0.167. The number of rotatable bonds is 3. The summed E-state index contributed by atoms with van der Waals surface area (Å²) in [6.45, 7) is 2.75. The molecule has 0 N–H and O–H groups in total. The van der Waals surface area contributed by atoms with Gasteiger partial charge in [-0.15, -0.1) is 0 Å². The molecule has 4 nitrogen and oxygen atoms in total. The Morgan fingerprint density at radius 2 is 1.44 bits per heavy atom. The number of aromatic nitrogens is 2. The van der Waals surface area contributed by atoms with Crippen LogP contribution in [0.2, 0.25) is 0 Å². The summed E-state index contributed by atoms with van der Waals surface area (Å²) in [4.78, 5) is 15.8. The first-order valence-corrected chi connectivity index (χ1v) is 9.74. The van der Waals surface area contributed by atoms with Crippen molar-refractivity contribution in [3.63, 3.8) is 0 Å². The second-order valence-corrected chi connectivity index (χ2v) is 7.35. The molecule has 0 spiro atoms. The lowest BCUT2D eigenvalue weighted by Crippen LogP contribution is -2.38. The van der Waals surface area contributed by atoms with E-state index in [9.17, 15) is 4.79 Å². The molecule has 1 saturated heterocycles. The van der Waals surface area contributed by atoms with Crippen LogP contribution >= 0.6 is 0 Å². The summed E-state index contributed by atoms with van der Waals surface area (Å²) in [6.07, 6.45) is 3.71. The van der Waals surface area contributed by atoms with Gasteiger partial charge in [-0.1, -0.05) is 55.0 Å². The maximum Gasteiger partial charge on any atom is 0.274 e. The van der Waals surface area contributed by atoms with E-state index in [4.69, 9.17) is 0 Å². The van der Waals surface area contributed by atoms with E-state index < -0.39 is 0 Å². The van der Waals surface area contributed by atoms with E-state index in [1.807, 2.05) is 47.1 Å². The lowest BCUT2D eigenvalue weighted by atomic mass is 10.1. The van der Waals surface area contributed by atoms with E-state index in [0.717, 1.165) is 40.6 Å². The van der Waals surface area contributed by atoms with Crippen LogP contribution in [-0.2, 0) is 6.67 Å². The normalized spacial score (nSPS) is 15.6. The third kappa shape index (κ3) is 2.77. The second kappa shape index (κ2) is 6.71. The molecule has 27 heavy (non-hydrogen) atoms. The molecule has 0 unspecified atom stereocenters. The summed E-state index contributed by atoms with van der Waals surface area (Å²) in [5, 5.41) is 1.80. The van der Waals surface area contributed by atoms with Crippen molar-refractivity contribution in [1.29, 1.82) is 0 Å². The van der Waals surface area contributed by atoms with E-state index in [0.29, 0.717) is 6.67 Å². The minimum absolute atomic E-state index is 0.0806. The van der Waals surface area contributed by atoms with Gasteiger partial charge in [-0.05, 0) is 44.1 Å². The van der Waals surface area contributed by atoms with Crippen molar-refractivity contribution in [3.05, 3.63) is 77.1 Å². The zero-order valence-corrected chi connectivity index (χ0v) is 15.3. The highest BCUT2D eigenvalue weighted by Crippen LogP contribution is 2.26. The van der Waals surface area contributed by atoms with Gasteiger partial charge in [-0.3, -0.25) is 9.69 Å². The third-order valence-electron chi connectivity index (χ3n) is 5.62. The average Bonchev–Trinajstić information content (AvgIpc) is 3.18. The Kier molecular flexibility index (Phi) is 4.06. The minimum atomic E-state index is 0.0806. The topological polar surface area (TPSA) is 29.6 Å². The van der Waals surface area contributed by atoms with Crippen molar-refractivity contribution in [3.8, 4) is 11.3 Å². The molecule has 4 heteroatoms. The molecule has 1 aliphatic rings. The molecule has 2 aromatic carbocycles. The minimum Gasteiger partial charge on any atom is -0.284 e. The Hall–Kier alpha value is -2.85. The van der Waals surface area contributed by atoms with Crippen LogP contribution in [0.3, 0.4) is 0 Å². The van der Waals surface area contributed by atoms with Gasteiger partial charge in [0.25, 0.3) is 5.56 Å². The van der Waals surface area contributed by atoms with Crippen LogP contribution in [0.4, 0.5) is 0 Å². The summed E-state index contributed by atoms with van der Waals surface area (Å²) in [5.41, 5.74) is 3.35. The summed E-state index contributed by atoms with van der Waals surface area (Å²) < 4.78 is 4.04. The highest BCUT2D eigenvalue weighted by molar-refractivity contribution is 5.96. The van der Waals surface area contributed by atoms with E-state index in [1.165, 1.54) is 19.3 Å². The van der Waals surface area contributed by atoms with Gasteiger partial charge in [-0.25, -0.2) is 9.20 Å². The molecule has 0 atom stereocenters. The highest BCUT2D eigenvalue weighted by Gasteiger charge is 2.17. The zero-order chi connectivity index (χ0) is 18.2. The molecule has 1 aliphatic heterocycles. The van der Waals surface area contributed by atoms with Gasteiger partial charge in [0.2, 0.25) is 0 Å². The largest absolute Gasteiger partial charge is 0.284 e. The van der Waals surface area contributed by atoms with Crippen LogP contribution in [0, 0.1) is 0 Å². The van der Waals surface area contributed by atoms with E-state index >= 15 is 0 Å². The van der Waals surface area contributed by atoms with E-state index in [2.05, 4.69) is 33.7 Å². The fraction of sp³-hybridized carbons (Fsp3) is 0.261. The SMILES string of the molecule is O=c1c2ccccc2c2ccc(-c3ccccc3)n2n1CN1CCCCC1. The van der Waals surface area contributed by atoms with Crippen LogP contribution in [-0.4, -0.2) is 27.2 Å². The molecule has 2 aromatic heterocycles. The Bertz CT molecular complexity index is 1150. The Balaban J connectivity index is 1.79. The average molecular weight is 357 g/mol. The molecule has 0 aliphatic carbocycles. The first-order valence-electron chi connectivity index (χ1n) is 9.74. The van der Waals surface area contributed by atoms with Gasteiger partial charge in [0.05, 0.1) is 23.3 Å². The van der Waals surface area contributed by atoms with Crippen molar-refractivity contribution >= 4 is 16.3 Å². The molecule has 0 radical (unpaired) electrons. The third-order valence-corrected chi connectivity index (χ3v) is 5.62. The van der Waals surface area contributed by atoms with Crippen LogP contribution in [0.5, 0.6) is 0 Å². The monoisotopic (exact) mass is 357 g/mol. The Labute approximate surface area is 158 Å². The van der Waals surface area contributed by atoms with Gasteiger partial charge in [0.1, 0.15) is 0 Å². The van der Waals surface area contributed by atoms with Gasteiger partial charge in [0.15, 0.2) is 0 Å². The molecule has 5 rings (SSSR count). The summed E-state index contributed by atoms with van der Waals surface area (Å²) in [5.74, 6) is 0. The van der Waals surface area contributed by atoms with Crippen LogP contribution in [0.1, 0.15) is 19.3 Å². The van der Waals surface area contributed by atoms with Gasteiger partial charge in [-0.2, -0.15) is 0 Å². The smallest absolute Gasteiger partial charge is 0.274 e. The predicted octanol–water partition coefficient (Wildman–Crippen LogP) is 4.36. The van der Waals surface area contributed by atoms with Crippen LogP contribution in [0.15, 0.2) is 71.5 Å². The fourth-order valence-corrected chi connectivity index (χ4v) is 4.26. The number of fused-ring (bicyclic) bond motifs is 3. The van der Waals surface area contributed by atoms with Crippen molar-refractivity contribution in [1.82, 2.24) is 14.1 Å². The van der Waals surface area contributed by atoms with Gasteiger partial charge < -0.3 is 0 Å². The number of likely N-dealkylation sites (tertiary alicyclic amines) is 1. The van der Waals surface area contributed by atoms with Gasteiger partial charge >= 0.3 is 0 Å². The number of nitrogens with zero attached hydrogens (tertiary/aromatic N) is 3. The molecular formula is C23H23N3O. The molecule has 3 heterocycles. The highest BCUT2D eigenvalue weighted by atomic mass is 16.1. The molecule has 0 saturated carbocycles. The molecule has 0 amide bonds. The summed E-state index contributed by atoms with van der Waals surface area (Å²) >= 11 is 0. The standard InChI is InChI=1S/C23H23N3O/c27-23-20-12-6-5-11-19(20)22-14-13-21(18-9-3-1-4-10-18)26(22)25(23)17-24-15-7-2-8-16-24/h1,3-6,9-14H,2,7-8,15-17H2. The molecule has 1 fully saturated rings. The van der Waals surface area contributed by atoms with Crippen molar-refractivity contribution in [2.75, 3.05) is 13.1 Å². The van der Waals surface area contributed by atoms with Crippen LogP contribution < -0.4 is 5.56 Å². The number of hydrogen-bond acceptors (Lipinski definition) is 2. The molecule has 136 valence electrons. The van der Waals surface area contributed by atoms with E-state index in [-0.39, 0.29) is 5.56 Å². The molecule has 0 bridgehead atoms. The predicted molar refractivity (Wildman–Crippen MR) is 110 cm³/mol. The lowest BCUT2D eigenvalue weighted by Gasteiger charge is -2.28. The number of piperidine rings is 1. The van der Waals surface area contributed by atoms with Crippen molar-refractivity contribution in [2.24, 2.45) is 0 Å². The zero-order valence-electron chi connectivity index (χ0n) is 15.3.